The Labute approximate surface area is 62.2 Å². The van der Waals surface area contributed by atoms with E-state index < -0.39 is 12.5 Å². The van der Waals surface area contributed by atoms with Crippen LogP contribution in [0.15, 0.2) is 22.8 Å². The van der Waals surface area contributed by atoms with Crippen LogP contribution in [0.4, 0.5) is 8.78 Å². The average Bonchev–Trinajstić information content (AvgIpc) is 1.87. The van der Waals surface area contributed by atoms with E-state index in [1.54, 1.807) is 0 Å². The minimum atomic E-state index is -1.02. The van der Waals surface area contributed by atoms with Gasteiger partial charge in [-0.05, 0) is 25.2 Å². The van der Waals surface area contributed by atoms with E-state index in [4.69, 9.17) is 0 Å². The zero-order valence-electron chi connectivity index (χ0n) is 6.12. The second-order valence-electron chi connectivity index (χ2n) is 2.18. The van der Waals surface area contributed by atoms with Gasteiger partial charge in [0.1, 0.15) is 12.5 Å². The van der Waals surface area contributed by atoms with Crippen LogP contribution in [-0.2, 0) is 0 Å². The molecular formula is C7H11F2P. The van der Waals surface area contributed by atoms with Crippen molar-refractivity contribution in [3.05, 3.63) is 22.8 Å². The second kappa shape index (κ2) is 4.56. The monoisotopic (exact) mass is 164 g/mol. The third kappa shape index (κ3) is 3.73. The summed E-state index contributed by atoms with van der Waals surface area (Å²) in [5.41, 5.74) is 0.966. The molecule has 0 spiro atoms. The highest BCUT2D eigenvalue weighted by Crippen LogP contribution is 2.15. The first-order chi connectivity index (χ1) is 4.57. The summed E-state index contributed by atoms with van der Waals surface area (Å²) in [7, 11) is 2.34. The van der Waals surface area contributed by atoms with Crippen LogP contribution in [0.5, 0.6) is 0 Å². The quantitative estimate of drug-likeness (QED) is 0.434. The number of allylic oxidation sites excluding steroid dienone is 4. The minimum absolute atomic E-state index is 0.704. The van der Waals surface area contributed by atoms with Gasteiger partial charge >= 0.3 is 0 Å². The summed E-state index contributed by atoms with van der Waals surface area (Å²) < 4.78 is 23.7. The van der Waals surface area contributed by atoms with Crippen molar-refractivity contribution in [1.82, 2.24) is 0 Å². The van der Waals surface area contributed by atoms with Crippen LogP contribution in [-0.4, -0.2) is 6.67 Å². The smallest absolute Gasteiger partial charge is 0.141 e. The first kappa shape index (κ1) is 9.77. The standard InChI is InChI=1S/C7H11F2P/c1-5(2)7(10)3-6(9)4-8/h3H,4,10H2,1-2H3/b6-3+. The molecular weight excluding hydrogens is 153 g/mol. The third-order valence-electron chi connectivity index (χ3n) is 1.02. The average molecular weight is 164 g/mol. The molecule has 0 N–H and O–H groups in total. The molecule has 0 amide bonds. The van der Waals surface area contributed by atoms with Gasteiger partial charge in [-0.25, -0.2) is 8.78 Å². The van der Waals surface area contributed by atoms with Crippen molar-refractivity contribution in [3.8, 4) is 0 Å². The van der Waals surface area contributed by atoms with Crippen molar-refractivity contribution in [2.24, 2.45) is 0 Å². The van der Waals surface area contributed by atoms with Gasteiger partial charge in [-0.1, -0.05) is 5.57 Å². The van der Waals surface area contributed by atoms with Gasteiger partial charge in [-0.15, -0.1) is 9.24 Å². The highest BCUT2D eigenvalue weighted by molar-refractivity contribution is 7.23. The molecule has 58 valence electrons. The molecule has 1 unspecified atom stereocenters. The molecule has 0 rings (SSSR count). The van der Waals surface area contributed by atoms with E-state index in [-0.39, 0.29) is 0 Å². The fourth-order valence-electron chi connectivity index (χ4n) is 0.352. The molecule has 0 radical (unpaired) electrons. The Kier molecular flexibility index (Phi) is 4.46. The van der Waals surface area contributed by atoms with Gasteiger partial charge in [-0.3, -0.25) is 0 Å². The molecule has 3 heteroatoms. The van der Waals surface area contributed by atoms with E-state index in [1.807, 2.05) is 13.8 Å². The highest BCUT2D eigenvalue weighted by atomic mass is 31.0. The SMILES string of the molecule is CC(C)=C(P)/C=C(/F)CF. The molecule has 0 aliphatic heterocycles. The van der Waals surface area contributed by atoms with E-state index in [9.17, 15) is 8.78 Å². The van der Waals surface area contributed by atoms with Crippen molar-refractivity contribution < 1.29 is 8.78 Å². The number of hydrogen-bond donors (Lipinski definition) is 0. The predicted octanol–water partition coefficient (Wildman–Crippen LogP) is 2.98. The summed E-state index contributed by atoms with van der Waals surface area (Å²) >= 11 is 0. The van der Waals surface area contributed by atoms with Crippen molar-refractivity contribution in [1.29, 1.82) is 0 Å². The first-order valence-electron chi connectivity index (χ1n) is 2.93. The molecule has 0 saturated carbocycles. The van der Waals surface area contributed by atoms with Crippen LogP contribution in [0.3, 0.4) is 0 Å². The molecule has 10 heavy (non-hydrogen) atoms. The lowest BCUT2D eigenvalue weighted by Crippen LogP contribution is -1.77. The summed E-state index contributed by atoms with van der Waals surface area (Å²) in [6.07, 6.45) is 1.18. The van der Waals surface area contributed by atoms with Gasteiger partial charge in [0.15, 0.2) is 0 Å². The van der Waals surface area contributed by atoms with Crippen LogP contribution >= 0.6 is 9.24 Å². The summed E-state index contributed by atoms with van der Waals surface area (Å²) in [5, 5.41) is 0.704. The molecule has 0 aromatic heterocycles. The Balaban J connectivity index is 4.27. The van der Waals surface area contributed by atoms with E-state index in [0.29, 0.717) is 5.31 Å². The maximum Gasteiger partial charge on any atom is 0.141 e. The number of alkyl halides is 1. The van der Waals surface area contributed by atoms with Gasteiger partial charge < -0.3 is 0 Å². The van der Waals surface area contributed by atoms with Crippen LogP contribution in [0.2, 0.25) is 0 Å². The van der Waals surface area contributed by atoms with Crippen LogP contribution in [0.25, 0.3) is 0 Å². The molecule has 0 aromatic rings. The molecule has 0 saturated heterocycles. The molecule has 0 aromatic carbocycles. The summed E-state index contributed by atoms with van der Waals surface area (Å²) in [4.78, 5) is 0. The topological polar surface area (TPSA) is 0 Å². The number of halogens is 2. The lowest BCUT2D eigenvalue weighted by Gasteiger charge is -1.94. The minimum Gasteiger partial charge on any atom is -0.243 e. The largest absolute Gasteiger partial charge is 0.243 e. The molecule has 0 bridgehead atoms. The van der Waals surface area contributed by atoms with E-state index >= 15 is 0 Å². The first-order valence-corrected chi connectivity index (χ1v) is 3.50. The normalized spacial score (nSPS) is 11.5. The third-order valence-corrected chi connectivity index (χ3v) is 1.76. The van der Waals surface area contributed by atoms with Crippen molar-refractivity contribution >= 4 is 9.24 Å². The van der Waals surface area contributed by atoms with Gasteiger partial charge in [0.05, 0.1) is 0 Å². The molecule has 0 aliphatic carbocycles. The predicted molar refractivity (Wildman–Crippen MR) is 43.3 cm³/mol. The number of hydrogen-bond acceptors (Lipinski definition) is 0. The molecule has 1 atom stereocenters. The molecule has 0 heterocycles. The van der Waals surface area contributed by atoms with Crippen LogP contribution < -0.4 is 0 Å². The second-order valence-corrected chi connectivity index (χ2v) is 2.80. The fraction of sp³-hybridized carbons (Fsp3) is 0.429. The van der Waals surface area contributed by atoms with E-state index in [0.717, 1.165) is 5.57 Å². The Morgan fingerprint density at radius 2 is 2.00 bits per heavy atom. The van der Waals surface area contributed by atoms with E-state index in [2.05, 4.69) is 9.24 Å². The molecule has 0 nitrogen and oxygen atoms in total. The van der Waals surface area contributed by atoms with Gasteiger partial charge in [0, 0.05) is 0 Å². The summed E-state index contributed by atoms with van der Waals surface area (Å²) in [6, 6.07) is 0. The molecule has 0 fully saturated rings. The van der Waals surface area contributed by atoms with E-state index in [1.165, 1.54) is 6.08 Å². The maximum atomic E-state index is 12.2. The number of rotatable bonds is 2. The van der Waals surface area contributed by atoms with Crippen LogP contribution in [0.1, 0.15) is 13.8 Å². The Morgan fingerprint density at radius 3 is 2.30 bits per heavy atom. The lowest BCUT2D eigenvalue weighted by atomic mass is 10.3. The summed E-state index contributed by atoms with van der Waals surface area (Å²) in [6.45, 7) is 2.65. The Bertz CT molecular complexity index is 166. The molecule has 0 aliphatic rings. The van der Waals surface area contributed by atoms with Crippen LogP contribution in [0, 0.1) is 0 Å². The maximum absolute atomic E-state index is 12.2. The Hall–Kier alpha value is -0.230. The van der Waals surface area contributed by atoms with Gasteiger partial charge in [0.2, 0.25) is 0 Å². The van der Waals surface area contributed by atoms with Crippen molar-refractivity contribution in [2.45, 2.75) is 13.8 Å². The van der Waals surface area contributed by atoms with Crippen molar-refractivity contribution in [3.63, 3.8) is 0 Å². The summed E-state index contributed by atoms with van der Waals surface area (Å²) in [5.74, 6) is -0.730. The van der Waals surface area contributed by atoms with Gasteiger partial charge in [0.25, 0.3) is 0 Å². The Morgan fingerprint density at radius 1 is 1.50 bits per heavy atom. The lowest BCUT2D eigenvalue weighted by molar-refractivity contribution is 0.459. The van der Waals surface area contributed by atoms with Crippen molar-refractivity contribution in [2.75, 3.05) is 6.67 Å². The zero-order chi connectivity index (χ0) is 8.15. The highest BCUT2D eigenvalue weighted by Gasteiger charge is 1.93. The fourth-order valence-corrected chi connectivity index (χ4v) is 0.532. The zero-order valence-corrected chi connectivity index (χ0v) is 7.27. The van der Waals surface area contributed by atoms with Gasteiger partial charge in [-0.2, -0.15) is 0 Å².